The van der Waals surface area contributed by atoms with Crippen molar-refractivity contribution in [3.63, 3.8) is 0 Å². The van der Waals surface area contributed by atoms with E-state index < -0.39 is 0 Å². The van der Waals surface area contributed by atoms with Crippen LogP contribution in [0.25, 0.3) is 0 Å². The summed E-state index contributed by atoms with van der Waals surface area (Å²) >= 11 is 41.9. The van der Waals surface area contributed by atoms with Crippen molar-refractivity contribution in [1.82, 2.24) is 4.90 Å². The van der Waals surface area contributed by atoms with E-state index in [4.69, 9.17) is 114 Å². The Balaban J connectivity index is 0.000000255. The number of nitrogens with zero attached hydrogens (tertiary/aromatic N) is 1. The van der Waals surface area contributed by atoms with Gasteiger partial charge in [-0.05, 0) is 393 Å². The maximum absolute atomic E-state index is 13.3. The van der Waals surface area contributed by atoms with Gasteiger partial charge in [0.2, 0.25) is 11.8 Å². The summed E-state index contributed by atoms with van der Waals surface area (Å²) in [7, 11) is 0. The molecule has 0 bridgehead atoms. The van der Waals surface area contributed by atoms with Gasteiger partial charge in [-0.25, -0.2) is 8.78 Å². The molecule has 0 radical (unpaired) electrons. The summed E-state index contributed by atoms with van der Waals surface area (Å²) in [5.74, 6) is 11.2. The minimum atomic E-state index is -0.254. The number of carbonyl (C=O) groups excluding carboxylic acids is 4. The largest absolute Gasteiger partial charge is 0.493 e. The molecule has 1 saturated heterocycles. The number of ether oxygens (including phenoxy) is 7. The van der Waals surface area contributed by atoms with Gasteiger partial charge in [0.15, 0.2) is 5.78 Å². The van der Waals surface area contributed by atoms with E-state index >= 15 is 0 Å². The lowest BCUT2D eigenvalue weighted by Gasteiger charge is -2.31. The summed E-state index contributed by atoms with van der Waals surface area (Å²) in [6.07, 6.45) is 6.01. The molecule has 14 rings (SSSR count). The topological polar surface area (TPSA) is 148 Å². The number of piperidine rings is 1. The molecule has 147 heavy (non-hydrogen) atoms. The van der Waals surface area contributed by atoms with Crippen LogP contribution in [0.15, 0.2) is 237 Å². The summed E-state index contributed by atoms with van der Waals surface area (Å²) in [5, 5.41) is 7.99. The second-order valence-electron chi connectivity index (χ2n) is 40.1. The van der Waals surface area contributed by atoms with E-state index in [0.717, 1.165) is 150 Å². The van der Waals surface area contributed by atoms with E-state index in [9.17, 15) is 28.0 Å². The maximum atomic E-state index is 13.3. The van der Waals surface area contributed by atoms with Crippen LogP contribution in [0.4, 0.5) is 14.5 Å². The van der Waals surface area contributed by atoms with Crippen LogP contribution in [0.5, 0.6) is 51.7 Å². The third-order valence-corrected chi connectivity index (χ3v) is 25.0. The molecule has 1 saturated carbocycles. The average molecular weight is 2150 g/mol. The summed E-state index contributed by atoms with van der Waals surface area (Å²) in [6.45, 7) is 55.8. The number of ketones is 2. The Hall–Kier alpha value is -10.6. The Kier molecular flexibility index (Phi) is 54.5. The first-order valence-electron chi connectivity index (χ1n) is 50.8. The van der Waals surface area contributed by atoms with Gasteiger partial charge in [-0.3, -0.25) is 14.4 Å². The molecule has 1 heterocycles. The number of nitrogens with one attached hydrogen (secondary N) is 1. The highest BCUT2D eigenvalue weighted by Crippen LogP contribution is 2.38. The molecule has 13 nitrogen and oxygen atoms in total. The number of Topliss-reactive ketones (excluding diaryl/α,β-unsaturated/α-hetero) is 2. The lowest BCUT2D eigenvalue weighted by atomic mass is 9.97. The molecule has 0 spiro atoms. The van der Waals surface area contributed by atoms with E-state index in [1.807, 2.05) is 222 Å². The van der Waals surface area contributed by atoms with E-state index in [1.165, 1.54) is 76.6 Å². The van der Waals surface area contributed by atoms with E-state index in [0.29, 0.717) is 101 Å². The van der Waals surface area contributed by atoms with Crippen molar-refractivity contribution in [1.29, 1.82) is 0 Å². The van der Waals surface area contributed by atoms with Gasteiger partial charge in [-0.2, -0.15) is 0 Å². The van der Waals surface area contributed by atoms with Crippen LogP contribution in [-0.4, -0.2) is 67.3 Å². The Morgan fingerprint density at radius 3 is 1.20 bits per heavy atom. The number of hydrogen-bond acceptors (Lipinski definition) is 11. The van der Waals surface area contributed by atoms with Crippen molar-refractivity contribution in [2.24, 2.45) is 5.92 Å². The van der Waals surface area contributed by atoms with Gasteiger partial charge in [-0.1, -0.05) is 260 Å². The third kappa shape index (κ3) is 48.3. The fraction of sp³-hybridized carbons (Fsp3) is 0.392. The number of carbonyl (C=O) groups is 4. The second kappa shape index (κ2) is 64.1. The van der Waals surface area contributed by atoms with Crippen LogP contribution < -0.4 is 38.5 Å². The molecule has 792 valence electrons. The van der Waals surface area contributed by atoms with Crippen LogP contribution >= 0.6 is 81.2 Å². The van der Waals surface area contributed by atoms with Gasteiger partial charge in [0.25, 0.3) is 0 Å². The van der Waals surface area contributed by atoms with Crippen molar-refractivity contribution in [3.8, 4) is 51.7 Å². The summed E-state index contributed by atoms with van der Waals surface area (Å²) in [6, 6.07) is 74.0. The number of aryl methyl sites for hydroxylation is 4. The molecule has 12 aromatic carbocycles. The van der Waals surface area contributed by atoms with Crippen LogP contribution in [-0.2, 0) is 25.8 Å². The normalized spacial score (nSPS) is 12.0. The van der Waals surface area contributed by atoms with Crippen LogP contribution in [0.1, 0.15) is 322 Å². The van der Waals surface area contributed by atoms with E-state index in [2.05, 4.69) is 135 Å². The first-order chi connectivity index (χ1) is 69.4. The van der Waals surface area contributed by atoms with Crippen LogP contribution in [0.2, 0.25) is 35.2 Å². The Morgan fingerprint density at radius 2 is 0.776 bits per heavy atom. The summed E-state index contributed by atoms with van der Waals surface area (Å²) < 4.78 is 66.9. The molecule has 12 aromatic rings. The molecule has 2 amide bonds. The van der Waals surface area contributed by atoms with Gasteiger partial charge in [0.1, 0.15) is 82.4 Å². The summed E-state index contributed by atoms with van der Waals surface area (Å²) in [4.78, 5) is 45.8. The fourth-order valence-electron chi connectivity index (χ4n) is 14.9. The monoisotopic (exact) mass is 2140 g/mol. The van der Waals surface area contributed by atoms with Gasteiger partial charge in [0.05, 0.1) is 19.3 Å². The van der Waals surface area contributed by atoms with E-state index in [1.54, 1.807) is 38.1 Å². The van der Waals surface area contributed by atoms with Gasteiger partial charge in [-0.15, -0.1) is 0 Å². The molecule has 2 fully saturated rings. The van der Waals surface area contributed by atoms with E-state index in [-0.39, 0.29) is 53.5 Å². The van der Waals surface area contributed by atoms with Crippen LogP contribution in [0.3, 0.4) is 0 Å². The molecule has 22 heteroatoms. The second-order valence-corrected chi connectivity index (χ2v) is 43.1. The van der Waals surface area contributed by atoms with Gasteiger partial charge < -0.3 is 48.2 Å². The third-order valence-electron chi connectivity index (χ3n) is 23.4. The number of anilines is 1. The molecule has 0 atom stereocenters. The van der Waals surface area contributed by atoms with Gasteiger partial charge >= 0.3 is 0 Å². The Labute approximate surface area is 911 Å². The summed E-state index contributed by atoms with van der Waals surface area (Å²) in [5.41, 5.74) is 16.5. The highest BCUT2D eigenvalue weighted by atomic mass is 35.5. The van der Waals surface area contributed by atoms with Crippen molar-refractivity contribution < 1.29 is 61.1 Å². The molecule has 1 aliphatic heterocycles. The first kappa shape index (κ1) is 125. The predicted octanol–water partition coefficient (Wildman–Crippen LogP) is 38.4. The standard InChI is InChI=1S/C18H20FNO2.C17H24ClNO2.2C16H17ClO.C14H19ClO2.C12H15ClO2.C12H15FO.2C10H13Cl/c1-12(2)17-10-15(19)6-9-18(17)22-11-14-4-7-16(8-5-14)20-13(3)21;1-12(2)16-10-15(18)4-5-17(16)21-11-14-6-8-19(9-7-14)13(3)20;1-11(2)13-8-14(17)10-16(9-13)18-15-6-4-12(3)5-7-15;1-11(2)13-8-14(17)10-16(9-13)18-15-6-4-5-12(3)7-15;1-10(2)13-9-12(15)6-7-14(13)17-8-4-5-11(3)16;1-8(2)11-6-10(13)4-5-12(11)15-7-9(3)14;1-8(2)11-7-10(5-6-12(11)13)14-9-3-4-9;2*1-7(2)9-4-8(3)5-10(11)6-9/h4-10,12H,11H2,1-3H3,(H,20,21);4-5,10,12,14H,6-9,11H2,1-3H3;2*4-11H,1-3H3;6-7,9-10H,4-5,8H2,1-3H3;4-6,8H,7H2,1-3H3;5-9H,3-4H2,1-2H3;2*4-7H,1-3H3. The minimum absolute atomic E-state index is 0.0136. The smallest absolute Gasteiger partial charge is 0.221 e. The van der Waals surface area contributed by atoms with Crippen molar-refractivity contribution in [3.05, 3.63) is 361 Å². The zero-order chi connectivity index (χ0) is 109. The SMILES string of the molecule is CC(=O)CCCOc1ccc(Cl)cc1C(C)C.CC(=O)COc1ccc(Cl)cc1C(C)C.CC(=O)N1CCC(COc2ccc(Cl)cc2C(C)C)CC1.CC(=O)Nc1ccc(COc2ccc(F)cc2C(C)C)cc1.CC(C)c1cc(OC2CC2)ccc1F.Cc1cc(Cl)cc(C(C)C)c1.Cc1cc(Cl)cc(C(C)C)c1.Cc1ccc(Oc2cc(Cl)cc(C(C)C)c2)cc1.Cc1cccc(Oc2cc(Cl)cc(C(C)C)c2)c1. The minimum Gasteiger partial charge on any atom is -0.493 e. The highest BCUT2D eigenvalue weighted by molar-refractivity contribution is 6.32. The number of rotatable bonds is 30. The quantitative estimate of drug-likeness (QED) is 0.0429. The van der Waals surface area contributed by atoms with Crippen molar-refractivity contribution >= 4 is 110 Å². The zero-order valence-electron chi connectivity index (χ0n) is 90.7. The number of likely N-dealkylation sites (tertiary alicyclic amines) is 1. The molecule has 0 unspecified atom stereocenters. The first-order valence-corrected chi connectivity index (χ1v) is 53.4. The number of halogens is 9. The molecule has 2 aliphatic rings. The average Bonchev–Trinajstić information content (AvgIpc) is 1.73. The van der Waals surface area contributed by atoms with Crippen LogP contribution in [0, 0.1) is 45.2 Å². The Bertz CT molecular complexity index is 6010. The number of hydrogen-bond donors (Lipinski definition) is 1. The molecular formula is C125H153Cl7F2N2O11. The van der Waals surface area contributed by atoms with Crippen molar-refractivity contribution in [2.45, 2.75) is 285 Å². The number of amides is 2. The maximum Gasteiger partial charge on any atom is 0.221 e. The molecule has 0 aromatic heterocycles. The van der Waals surface area contributed by atoms with Crippen molar-refractivity contribution in [2.75, 3.05) is 38.2 Å². The fourth-order valence-corrected chi connectivity index (χ4v) is 16.5. The zero-order valence-corrected chi connectivity index (χ0v) is 96.0. The predicted molar refractivity (Wildman–Crippen MR) is 613 cm³/mol. The lowest BCUT2D eigenvalue weighted by molar-refractivity contribution is -0.130. The number of benzene rings is 12. The molecule has 1 aliphatic carbocycles. The highest BCUT2D eigenvalue weighted by Gasteiger charge is 2.26. The lowest BCUT2D eigenvalue weighted by Crippen LogP contribution is -2.38. The molecule has 1 N–H and O–H groups in total. The van der Waals surface area contributed by atoms with Gasteiger partial charge in [0, 0.05) is 74.2 Å². The molecular weight excluding hydrogens is 1990 g/mol. The Morgan fingerprint density at radius 1 is 0.354 bits per heavy atom.